The molecule has 0 saturated heterocycles. The smallest absolute Gasteiger partial charge is 0.213 e. The minimum atomic E-state index is -0.614. The van der Waals surface area contributed by atoms with Gasteiger partial charge < -0.3 is 14.4 Å². The highest BCUT2D eigenvalue weighted by Gasteiger charge is 2.27. The number of aliphatic hydroxyl groups excluding tert-OH is 1. The van der Waals surface area contributed by atoms with Crippen LogP contribution in [0.2, 0.25) is 0 Å². The van der Waals surface area contributed by atoms with E-state index in [0.29, 0.717) is 23.6 Å². The van der Waals surface area contributed by atoms with E-state index in [0.717, 1.165) is 16.8 Å². The second-order valence-corrected chi connectivity index (χ2v) is 5.30. The quantitative estimate of drug-likeness (QED) is 0.867. The van der Waals surface area contributed by atoms with Crippen LogP contribution in [0.5, 0.6) is 5.75 Å². The Morgan fingerprint density at radius 1 is 1.35 bits per heavy atom. The summed E-state index contributed by atoms with van der Waals surface area (Å²) in [6.07, 6.45) is -0.614. The zero-order chi connectivity index (χ0) is 14.4. The van der Waals surface area contributed by atoms with Gasteiger partial charge in [0.25, 0.3) is 0 Å². The molecule has 0 bridgehead atoms. The maximum absolute atomic E-state index is 12.7. The predicted molar refractivity (Wildman–Crippen MR) is 75.0 cm³/mol. The second kappa shape index (κ2) is 4.49. The molecule has 4 heteroatoms. The van der Waals surface area contributed by atoms with E-state index in [1.807, 2.05) is 25.1 Å². The number of carbonyl (C=O) groups excluding carboxylic acids is 1. The lowest BCUT2D eigenvalue weighted by atomic mass is 10.0. The molecule has 0 aliphatic carbocycles. The van der Waals surface area contributed by atoms with Crippen LogP contribution in [-0.2, 0) is 13.7 Å². The molecular weight excluding hydrogens is 254 g/mol. The van der Waals surface area contributed by atoms with Gasteiger partial charge in [-0.25, -0.2) is 0 Å². The Labute approximate surface area is 117 Å². The Kier molecular flexibility index (Phi) is 2.91. The van der Waals surface area contributed by atoms with E-state index in [-0.39, 0.29) is 5.78 Å². The number of carbonyl (C=O) groups is 1. The third-order valence-electron chi connectivity index (χ3n) is 3.76. The Bertz CT molecular complexity index is 698. The lowest BCUT2D eigenvalue weighted by molar-refractivity contribution is 0.102. The molecule has 2 aromatic rings. The van der Waals surface area contributed by atoms with E-state index in [1.54, 1.807) is 24.6 Å². The summed E-state index contributed by atoms with van der Waals surface area (Å²) in [6.45, 7) is 4.01. The minimum absolute atomic E-state index is 0.0538. The average Bonchev–Trinajstić information content (AvgIpc) is 2.65. The molecule has 2 heterocycles. The van der Waals surface area contributed by atoms with Gasteiger partial charge in [0, 0.05) is 18.3 Å². The minimum Gasteiger partial charge on any atom is -0.488 e. The zero-order valence-electron chi connectivity index (χ0n) is 11.8. The molecule has 1 atom stereocenters. The van der Waals surface area contributed by atoms with Gasteiger partial charge >= 0.3 is 0 Å². The van der Waals surface area contributed by atoms with Crippen LogP contribution in [0.4, 0.5) is 0 Å². The third kappa shape index (κ3) is 1.84. The summed E-state index contributed by atoms with van der Waals surface area (Å²) in [6, 6.07) is 7.44. The fraction of sp³-hybridized carbons (Fsp3) is 0.312. The summed E-state index contributed by atoms with van der Waals surface area (Å²) in [4.78, 5) is 12.7. The lowest BCUT2D eigenvalue weighted by Crippen LogP contribution is -2.11. The van der Waals surface area contributed by atoms with Gasteiger partial charge in [0.1, 0.15) is 12.4 Å². The van der Waals surface area contributed by atoms with Gasteiger partial charge in [-0.15, -0.1) is 0 Å². The molecular formula is C16H17NO3. The van der Waals surface area contributed by atoms with Crippen LogP contribution in [0, 0.1) is 6.92 Å². The number of ketones is 1. The molecule has 1 aromatic heterocycles. The van der Waals surface area contributed by atoms with Crippen LogP contribution >= 0.6 is 0 Å². The summed E-state index contributed by atoms with van der Waals surface area (Å²) in [7, 11) is 1.80. The molecule has 1 unspecified atom stereocenters. The number of aryl methyl sites for hydroxylation is 1. The number of nitrogens with zero attached hydrogens (tertiary/aromatic N) is 1. The highest BCUT2D eigenvalue weighted by molar-refractivity contribution is 6.11. The van der Waals surface area contributed by atoms with Crippen molar-refractivity contribution in [2.24, 2.45) is 7.05 Å². The molecule has 104 valence electrons. The van der Waals surface area contributed by atoms with Gasteiger partial charge in [0.05, 0.1) is 17.4 Å². The molecule has 0 fully saturated rings. The number of hydrogen-bond donors (Lipinski definition) is 1. The van der Waals surface area contributed by atoms with E-state index in [4.69, 9.17) is 4.74 Å². The van der Waals surface area contributed by atoms with Gasteiger partial charge in [-0.3, -0.25) is 4.79 Å². The van der Waals surface area contributed by atoms with Crippen molar-refractivity contribution in [1.29, 1.82) is 0 Å². The SMILES string of the molecule is Cc1ccc2c(c1)OCc1cc(C(C)O)n(C)c1C2=O. The first-order valence-electron chi connectivity index (χ1n) is 6.63. The highest BCUT2D eigenvalue weighted by Crippen LogP contribution is 2.31. The molecule has 4 nitrogen and oxygen atoms in total. The summed E-state index contributed by atoms with van der Waals surface area (Å²) >= 11 is 0. The van der Waals surface area contributed by atoms with Gasteiger partial charge in [-0.1, -0.05) is 6.07 Å². The number of rotatable bonds is 1. The average molecular weight is 271 g/mol. The molecule has 3 rings (SSSR count). The van der Waals surface area contributed by atoms with Gasteiger partial charge in [-0.2, -0.15) is 0 Å². The first-order valence-corrected chi connectivity index (χ1v) is 6.63. The van der Waals surface area contributed by atoms with Crippen molar-refractivity contribution in [3.8, 4) is 5.75 Å². The van der Waals surface area contributed by atoms with Crippen LogP contribution in [-0.4, -0.2) is 15.5 Å². The maximum atomic E-state index is 12.7. The van der Waals surface area contributed by atoms with Crippen LogP contribution < -0.4 is 4.74 Å². The molecule has 0 radical (unpaired) electrons. The molecule has 0 amide bonds. The van der Waals surface area contributed by atoms with Crippen molar-refractivity contribution in [3.63, 3.8) is 0 Å². The summed E-state index contributed by atoms with van der Waals surface area (Å²) < 4.78 is 7.52. The van der Waals surface area contributed by atoms with Gasteiger partial charge in [0.2, 0.25) is 5.78 Å². The fourth-order valence-corrected chi connectivity index (χ4v) is 2.72. The fourth-order valence-electron chi connectivity index (χ4n) is 2.72. The number of aliphatic hydroxyl groups is 1. The van der Waals surface area contributed by atoms with Gasteiger partial charge in [-0.05, 0) is 37.6 Å². The molecule has 0 spiro atoms. The summed E-state index contributed by atoms with van der Waals surface area (Å²) in [5.41, 5.74) is 3.79. The van der Waals surface area contributed by atoms with E-state index in [2.05, 4.69) is 0 Å². The van der Waals surface area contributed by atoms with E-state index in [1.165, 1.54) is 0 Å². The van der Waals surface area contributed by atoms with Gasteiger partial charge in [0.15, 0.2) is 0 Å². The van der Waals surface area contributed by atoms with Crippen LogP contribution in [0.15, 0.2) is 24.3 Å². The first kappa shape index (κ1) is 12.9. The molecule has 20 heavy (non-hydrogen) atoms. The Morgan fingerprint density at radius 2 is 2.10 bits per heavy atom. The topological polar surface area (TPSA) is 51.5 Å². The number of aromatic nitrogens is 1. The van der Waals surface area contributed by atoms with Crippen LogP contribution in [0.3, 0.4) is 0 Å². The van der Waals surface area contributed by atoms with Crippen molar-refractivity contribution >= 4 is 5.78 Å². The van der Waals surface area contributed by atoms with E-state index < -0.39 is 6.10 Å². The molecule has 0 saturated carbocycles. The largest absolute Gasteiger partial charge is 0.488 e. The highest BCUT2D eigenvalue weighted by atomic mass is 16.5. The van der Waals surface area contributed by atoms with Crippen molar-refractivity contribution in [3.05, 3.63) is 52.3 Å². The van der Waals surface area contributed by atoms with E-state index >= 15 is 0 Å². The Morgan fingerprint density at radius 3 is 2.80 bits per heavy atom. The maximum Gasteiger partial charge on any atom is 0.213 e. The van der Waals surface area contributed by atoms with Crippen molar-refractivity contribution in [2.75, 3.05) is 0 Å². The van der Waals surface area contributed by atoms with E-state index in [9.17, 15) is 9.90 Å². The first-order chi connectivity index (χ1) is 9.49. The zero-order valence-corrected chi connectivity index (χ0v) is 11.8. The van der Waals surface area contributed by atoms with Crippen molar-refractivity contribution in [1.82, 2.24) is 4.57 Å². The monoisotopic (exact) mass is 271 g/mol. The molecule has 1 aromatic carbocycles. The Hall–Kier alpha value is -2.07. The summed E-state index contributed by atoms with van der Waals surface area (Å²) in [5, 5.41) is 9.77. The number of hydrogen-bond acceptors (Lipinski definition) is 3. The van der Waals surface area contributed by atoms with Crippen molar-refractivity contribution < 1.29 is 14.6 Å². The van der Waals surface area contributed by atoms with Crippen LogP contribution in [0.1, 0.15) is 45.9 Å². The predicted octanol–water partition coefficient (Wildman–Crippen LogP) is 2.51. The number of fused-ring (bicyclic) bond motifs is 2. The molecule has 1 aliphatic heterocycles. The number of benzene rings is 1. The standard InChI is InChI=1S/C16H17NO3/c1-9-4-5-12-14(6-9)20-8-11-7-13(10(2)18)17(3)15(11)16(12)19/h4-7,10,18H,8H2,1-3H3. The third-order valence-corrected chi connectivity index (χ3v) is 3.76. The Balaban J connectivity index is 2.18. The van der Waals surface area contributed by atoms with Crippen LogP contribution in [0.25, 0.3) is 0 Å². The molecule has 1 aliphatic rings. The lowest BCUT2D eigenvalue weighted by Gasteiger charge is -2.10. The van der Waals surface area contributed by atoms with Crippen molar-refractivity contribution in [2.45, 2.75) is 26.6 Å². The normalized spacial score (nSPS) is 15.1. The molecule has 1 N–H and O–H groups in total. The number of ether oxygens (including phenoxy) is 1. The second-order valence-electron chi connectivity index (χ2n) is 5.30. The summed E-state index contributed by atoms with van der Waals surface area (Å²) in [5.74, 6) is 0.576.